The van der Waals surface area contributed by atoms with Gasteiger partial charge in [-0.15, -0.1) is 0 Å². The minimum atomic E-state index is -3.62. The Labute approximate surface area is 205 Å². The summed E-state index contributed by atoms with van der Waals surface area (Å²) in [5, 5.41) is 9.09. The van der Waals surface area contributed by atoms with Crippen molar-refractivity contribution in [3.8, 4) is 11.3 Å². The summed E-state index contributed by atoms with van der Waals surface area (Å²) >= 11 is 0. The fraction of sp³-hybridized carbons (Fsp3) is 0.458. The van der Waals surface area contributed by atoms with Gasteiger partial charge < -0.3 is 14.6 Å². The number of sulfonamides is 1. The normalized spacial score (nSPS) is 13.8. The van der Waals surface area contributed by atoms with E-state index in [4.69, 9.17) is 14.6 Å². The van der Waals surface area contributed by atoms with Crippen molar-refractivity contribution in [1.82, 2.24) is 9.97 Å². The van der Waals surface area contributed by atoms with E-state index in [0.717, 1.165) is 10.6 Å². The topological polar surface area (TPSA) is 119 Å². The monoisotopic (exact) mass is 509 g/mol. The highest BCUT2D eigenvalue weighted by Crippen LogP contribution is 2.32. The number of carbonyl (C=O) groups is 1. The molecule has 0 spiro atoms. The molecule has 0 aliphatic heterocycles. The van der Waals surface area contributed by atoms with Gasteiger partial charge in [0.25, 0.3) is 0 Å². The Hall–Kier alpha value is -2.89. The van der Waals surface area contributed by atoms with E-state index >= 15 is 0 Å². The second-order valence-electron chi connectivity index (χ2n) is 8.39. The van der Waals surface area contributed by atoms with Crippen LogP contribution in [0.1, 0.15) is 43.9 Å². The van der Waals surface area contributed by atoms with Gasteiger partial charge in [0.05, 0.1) is 36.3 Å². The molecule has 2 rings (SSSR count). The lowest BCUT2D eigenvalue weighted by Crippen LogP contribution is -2.27. The van der Waals surface area contributed by atoms with E-state index in [2.05, 4.69) is 9.97 Å². The molecule has 0 unspecified atom stereocenters. The Bertz CT molecular complexity index is 1150. The number of carboxylic acids is 1. The van der Waals surface area contributed by atoms with Crippen LogP contribution in [0.5, 0.6) is 0 Å². The van der Waals surface area contributed by atoms with Crippen LogP contribution in [0.2, 0.25) is 0 Å². The first kappa shape index (κ1) is 28.3. The fourth-order valence-electron chi connectivity index (χ4n) is 3.37. The van der Waals surface area contributed by atoms with E-state index in [0.29, 0.717) is 28.9 Å². The molecule has 192 valence electrons. The molecule has 0 saturated carbocycles. The number of anilines is 1. The number of rotatable bonds is 12. The second kappa shape index (κ2) is 12.2. The first-order valence-corrected chi connectivity index (χ1v) is 12.8. The summed E-state index contributed by atoms with van der Waals surface area (Å²) in [5.41, 5.74) is 2.21. The SMILES string of the molecule is CO[C@@H](CC(=O)O)C[C@@H](/C=C/c1c(-c2ccc(F)cc2)nc(N(C)S(C)(=O)=O)nc1C(C)C)OC. The average Bonchev–Trinajstić information content (AvgIpc) is 2.79. The van der Waals surface area contributed by atoms with Gasteiger partial charge in [-0.2, -0.15) is 0 Å². The van der Waals surface area contributed by atoms with Crippen molar-refractivity contribution in [1.29, 1.82) is 0 Å². The van der Waals surface area contributed by atoms with Crippen LogP contribution in [0.15, 0.2) is 30.3 Å². The maximum Gasteiger partial charge on any atom is 0.305 e. The predicted molar refractivity (Wildman–Crippen MR) is 132 cm³/mol. The minimum Gasteiger partial charge on any atom is -0.481 e. The third-order valence-electron chi connectivity index (χ3n) is 5.42. The van der Waals surface area contributed by atoms with Gasteiger partial charge in [-0.1, -0.05) is 26.0 Å². The highest BCUT2D eigenvalue weighted by atomic mass is 32.2. The van der Waals surface area contributed by atoms with Gasteiger partial charge in [0, 0.05) is 38.8 Å². The predicted octanol–water partition coefficient (Wildman–Crippen LogP) is 3.71. The van der Waals surface area contributed by atoms with Crippen molar-refractivity contribution in [2.45, 2.75) is 44.8 Å². The molecule has 0 saturated heterocycles. The highest BCUT2D eigenvalue weighted by Gasteiger charge is 2.23. The molecule has 2 aromatic rings. The van der Waals surface area contributed by atoms with Gasteiger partial charge in [-0.25, -0.2) is 27.1 Å². The van der Waals surface area contributed by atoms with Crippen LogP contribution in [0, 0.1) is 5.82 Å². The molecule has 1 N–H and O–H groups in total. The lowest BCUT2D eigenvalue weighted by atomic mass is 9.97. The van der Waals surface area contributed by atoms with Gasteiger partial charge in [0.15, 0.2) is 0 Å². The first-order chi connectivity index (χ1) is 16.4. The molecule has 0 radical (unpaired) electrons. The Morgan fingerprint density at radius 3 is 2.29 bits per heavy atom. The van der Waals surface area contributed by atoms with E-state index in [-0.39, 0.29) is 18.3 Å². The molecule has 1 aromatic carbocycles. The van der Waals surface area contributed by atoms with Crippen molar-refractivity contribution in [2.75, 3.05) is 31.8 Å². The van der Waals surface area contributed by atoms with Crippen molar-refractivity contribution in [2.24, 2.45) is 0 Å². The van der Waals surface area contributed by atoms with Gasteiger partial charge in [-0.05, 0) is 30.2 Å². The summed E-state index contributed by atoms with van der Waals surface area (Å²) in [7, 11) is 0.694. The number of ether oxygens (including phenoxy) is 2. The molecule has 0 aliphatic carbocycles. The molecule has 1 aromatic heterocycles. The maximum atomic E-state index is 13.6. The Morgan fingerprint density at radius 1 is 1.17 bits per heavy atom. The van der Waals surface area contributed by atoms with Crippen LogP contribution in [0.4, 0.5) is 10.3 Å². The lowest BCUT2D eigenvalue weighted by Gasteiger charge is -2.21. The third kappa shape index (κ3) is 7.81. The molecule has 0 aliphatic rings. The van der Waals surface area contributed by atoms with Crippen molar-refractivity contribution in [3.05, 3.63) is 47.4 Å². The van der Waals surface area contributed by atoms with Gasteiger partial charge in [0.2, 0.25) is 16.0 Å². The number of benzene rings is 1. The van der Waals surface area contributed by atoms with E-state index in [1.165, 1.54) is 33.4 Å². The van der Waals surface area contributed by atoms with E-state index < -0.39 is 34.0 Å². The highest BCUT2D eigenvalue weighted by molar-refractivity contribution is 7.92. The molecular formula is C24H32FN3O6S. The molecule has 9 nitrogen and oxygen atoms in total. The molecule has 1 heterocycles. The van der Waals surface area contributed by atoms with Crippen molar-refractivity contribution < 1.29 is 32.2 Å². The number of aromatic nitrogens is 2. The lowest BCUT2D eigenvalue weighted by molar-refractivity contribution is -0.140. The van der Waals surface area contributed by atoms with Crippen LogP contribution in [-0.2, 0) is 24.3 Å². The molecule has 0 bridgehead atoms. The van der Waals surface area contributed by atoms with Gasteiger partial charge >= 0.3 is 5.97 Å². The molecular weight excluding hydrogens is 477 g/mol. The number of carboxylic acid groups (broad SMARTS) is 1. The summed E-state index contributed by atoms with van der Waals surface area (Å²) in [6.07, 6.45) is 3.69. The number of hydrogen-bond donors (Lipinski definition) is 1. The molecule has 0 amide bonds. The van der Waals surface area contributed by atoms with Crippen LogP contribution >= 0.6 is 0 Å². The zero-order valence-corrected chi connectivity index (χ0v) is 21.5. The standard InChI is InChI=1S/C24H32FN3O6S/c1-15(2)22-20(12-11-18(33-4)13-19(34-5)14-21(29)30)23(16-7-9-17(25)10-8-16)27-24(26-22)28(3)35(6,31)32/h7-12,15,18-19H,13-14H2,1-6H3,(H,29,30)/b12-11+/t18-,19-/m1/s1. The number of methoxy groups -OCH3 is 2. The van der Waals surface area contributed by atoms with Crippen molar-refractivity contribution >= 4 is 28.0 Å². The van der Waals surface area contributed by atoms with Crippen LogP contribution in [0.3, 0.4) is 0 Å². The van der Waals surface area contributed by atoms with Crippen molar-refractivity contribution in [3.63, 3.8) is 0 Å². The fourth-order valence-corrected chi connectivity index (χ4v) is 3.75. The molecule has 11 heteroatoms. The summed E-state index contributed by atoms with van der Waals surface area (Å²) in [4.78, 5) is 20.1. The molecule has 0 fully saturated rings. The summed E-state index contributed by atoms with van der Waals surface area (Å²) in [6, 6.07) is 5.72. The number of aliphatic carboxylic acids is 1. The van der Waals surface area contributed by atoms with E-state index in [1.54, 1.807) is 24.3 Å². The Morgan fingerprint density at radius 2 is 1.80 bits per heavy atom. The largest absolute Gasteiger partial charge is 0.481 e. The maximum absolute atomic E-state index is 13.6. The Balaban J connectivity index is 2.65. The zero-order chi connectivity index (χ0) is 26.3. The minimum absolute atomic E-state index is 0.00290. The van der Waals surface area contributed by atoms with Crippen LogP contribution in [0.25, 0.3) is 17.3 Å². The summed E-state index contributed by atoms with van der Waals surface area (Å²) < 4.78 is 49.7. The smallest absolute Gasteiger partial charge is 0.305 e. The zero-order valence-electron chi connectivity index (χ0n) is 20.7. The number of nitrogens with zero attached hydrogens (tertiary/aromatic N) is 3. The Kier molecular flexibility index (Phi) is 9.87. The first-order valence-electron chi connectivity index (χ1n) is 10.9. The summed E-state index contributed by atoms with van der Waals surface area (Å²) in [5.74, 6) is -1.50. The van der Waals surface area contributed by atoms with E-state index in [1.807, 2.05) is 13.8 Å². The number of hydrogen-bond acceptors (Lipinski definition) is 7. The van der Waals surface area contributed by atoms with E-state index in [9.17, 15) is 17.6 Å². The van der Waals surface area contributed by atoms with Crippen LogP contribution < -0.4 is 4.31 Å². The molecule has 35 heavy (non-hydrogen) atoms. The third-order valence-corrected chi connectivity index (χ3v) is 6.58. The van der Waals surface area contributed by atoms with Gasteiger partial charge in [0.1, 0.15) is 5.82 Å². The second-order valence-corrected chi connectivity index (χ2v) is 10.4. The van der Waals surface area contributed by atoms with Crippen LogP contribution in [-0.4, -0.2) is 69.2 Å². The quantitative estimate of drug-likeness (QED) is 0.460. The average molecular weight is 510 g/mol. The molecule has 2 atom stereocenters. The number of halogens is 1. The van der Waals surface area contributed by atoms with Gasteiger partial charge in [-0.3, -0.25) is 4.79 Å². The summed E-state index contributed by atoms with van der Waals surface area (Å²) in [6.45, 7) is 3.83.